The fourth-order valence-electron chi connectivity index (χ4n) is 3.41. The first-order chi connectivity index (χ1) is 13.9. The summed E-state index contributed by atoms with van der Waals surface area (Å²) in [6, 6.07) is 11.7. The van der Waals surface area contributed by atoms with Crippen molar-refractivity contribution in [2.45, 2.75) is 33.1 Å². The minimum atomic E-state index is -0.469. The van der Waals surface area contributed by atoms with Gasteiger partial charge in [0.05, 0.1) is 16.8 Å². The van der Waals surface area contributed by atoms with Crippen LogP contribution in [-0.4, -0.2) is 34.3 Å². The van der Waals surface area contributed by atoms with Gasteiger partial charge in [-0.2, -0.15) is 11.8 Å². The van der Waals surface area contributed by atoms with Gasteiger partial charge < -0.3 is 14.6 Å². The molecule has 0 aliphatic heterocycles. The van der Waals surface area contributed by atoms with E-state index in [4.69, 9.17) is 4.74 Å². The maximum atomic E-state index is 12.4. The van der Waals surface area contributed by atoms with E-state index in [-0.39, 0.29) is 19.1 Å². The van der Waals surface area contributed by atoms with E-state index in [9.17, 15) is 9.59 Å². The van der Waals surface area contributed by atoms with Crippen LogP contribution in [0.2, 0.25) is 0 Å². The number of thioether (sulfide) groups is 1. The van der Waals surface area contributed by atoms with E-state index in [1.54, 1.807) is 11.8 Å². The number of benzene rings is 2. The fourth-order valence-corrected chi connectivity index (χ4v) is 3.89. The zero-order valence-corrected chi connectivity index (χ0v) is 17.9. The molecule has 1 aromatic heterocycles. The van der Waals surface area contributed by atoms with Crippen molar-refractivity contribution < 1.29 is 14.3 Å². The molecule has 1 amide bonds. The highest BCUT2D eigenvalue weighted by atomic mass is 32.2. The van der Waals surface area contributed by atoms with Gasteiger partial charge >= 0.3 is 5.97 Å². The number of esters is 1. The number of fused-ring (bicyclic) bond motifs is 1. The van der Waals surface area contributed by atoms with Gasteiger partial charge in [0, 0.05) is 5.69 Å². The van der Waals surface area contributed by atoms with Crippen LogP contribution in [0, 0.1) is 20.8 Å². The Kier molecular flexibility index (Phi) is 6.59. The lowest BCUT2D eigenvalue weighted by Crippen LogP contribution is -2.24. The highest BCUT2D eigenvalue weighted by Crippen LogP contribution is 2.22. The number of nitrogens with zero attached hydrogens (tertiary/aromatic N) is 2. The molecule has 0 spiro atoms. The van der Waals surface area contributed by atoms with Crippen molar-refractivity contribution in [1.29, 1.82) is 0 Å². The van der Waals surface area contributed by atoms with Crippen molar-refractivity contribution in [3.05, 3.63) is 58.9 Å². The Hall–Kier alpha value is -2.80. The van der Waals surface area contributed by atoms with Gasteiger partial charge in [-0.1, -0.05) is 29.8 Å². The number of amides is 1. The summed E-state index contributed by atoms with van der Waals surface area (Å²) in [7, 11) is 0. The highest BCUT2D eigenvalue weighted by molar-refractivity contribution is 7.97. The van der Waals surface area contributed by atoms with Gasteiger partial charge in [0.2, 0.25) is 0 Å². The molecule has 3 aromatic rings. The van der Waals surface area contributed by atoms with Crippen LogP contribution in [0.3, 0.4) is 0 Å². The molecule has 0 aliphatic carbocycles. The average Bonchev–Trinajstić information content (AvgIpc) is 3.00. The van der Waals surface area contributed by atoms with Crippen molar-refractivity contribution in [2.24, 2.45) is 0 Å². The van der Waals surface area contributed by atoms with Crippen LogP contribution in [-0.2, 0) is 26.6 Å². The summed E-state index contributed by atoms with van der Waals surface area (Å²) in [5.74, 6) is 0.677. The van der Waals surface area contributed by atoms with Gasteiger partial charge in [0.15, 0.2) is 6.61 Å². The van der Waals surface area contributed by atoms with Crippen LogP contribution >= 0.6 is 11.8 Å². The van der Waals surface area contributed by atoms with Gasteiger partial charge in [-0.25, -0.2) is 4.98 Å². The van der Waals surface area contributed by atoms with Gasteiger partial charge in [0.1, 0.15) is 12.4 Å². The lowest BCUT2D eigenvalue weighted by atomic mass is 10.1. The average molecular weight is 412 g/mol. The summed E-state index contributed by atoms with van der Waals surface area (Å²) >= 11 is 1.63. The number of hydrogen-bond acceptors (Lipinski definition) is 5. The molecule has 0 radical (unpaired) electrons. The Morgan fingerprint density at radius 2 is 1.83 bits per heavy atom. The number of nitrogens with one attached hydrogen (secondary N) is 1. The maximum absolute atomic E-state index is 12.4. The first kappa shape index (κ1) is 20.9. The Labute approximate surface area is 174 Å². The van der Waals surface area contributed by atoms with E-state index in [1.165, 1.54) is 0 Å². The summed E-state index contributed by atoms with van der Waals surface area (Å²) < 4.78 is 7.08. The van der Waals surface area contributed by atoms with Crippen LogP contribution in [0.4, 0.5) is 5.69 Å². The molecule has 0 aliphatic rings. The van der Waals surface area contributed by atoms with Gasteiger partial charge in [0.25, 0.3) is 5.91 Å². The van der Waals surface area contributed by atoms with Crippen molar-refractivity contribution in [3.63, 3.8) is 0 Å². The first-order valence-electron chi connectivity index (χ1n) is 9.35. The summed E-state index contributed by atoms with van der Waals surface area (Å²) in [6.07, 6.45) is 1.99. The molecule has 0 bridgehead atoms. The quantitative estimate of drug-likeness (QED) is 0.595. The molecular formula is C22H25N3O3S. The van der Waals surface area contributed by atoms with Crippen LogP contribution in [0.15, 0.2) is 36.4 Å². The molecule has 1 heterocycles. The van der Waals surface area contributed by atoms with Crippen LogP contribution in [0.1, 0.15) is 22.5 Å². The molecule has 2 aromatic carbocycles. The van der Waals surface area contributed by atoms with E-state index >= 15 is 0 Å². The lowest BCUT2D eigenvalue weighted by molar-refractivity contribution is -0.147. The van der Waals surface area contributed by atoms with Crippen molar-refractivity contribution in [2.75, 3.05) is 18.2 Å². The number of para-hydroxylation sites is 2. The third kappa shape index (κ3) is 4.98. The number of ether oxygens (including phenoxy) is 1. The van der Waals surface area contributed by atoms with E-state index in [0.717, 1.165) is 39.2 Å². The van der Waals surface area contributed by atoms with Gasteiger partial charge in [-0.05, 0) is 50.3 Å². The van der Waals surface area contributed by atoms with Crippen molar-refractivity contribution in [1.82, 2.24) is 9.55 Å². The summed E-state index contributed by atoms with van der Waals surface area (Å²) in [6.45, 7) is 5.60. The Morgan fingerprint density at radius 3 is 2.52 bits per heavy atom. The van der Waals surface area contributed by atoms with E-state index < -0.39 is 5.97 Å². The van der Waals surface area contributed by atoms with Crippen LogP contribution in [0.25, 0.3) is 11.0 Å². The number of imidazole rings is 1. The molecule has 152 valence electrons. The predicted octanol–water partition coefficient (Wildman–Crippen LogP) is 4.01. The smallest absolute Gasteiger partial charge is 0.326 e. The number of aromatic nitrogens is 2. The molecule has 0 saturated carbocycles. The maximum Gasteiger partial charge on any atom is 0.326 e. The van der Waals surface area contributed by atoms with E-state index in [0.29, 0.717) is 5.75 Å². The molecule has 3 rings (SSSR count). The minimum absolute atomic E-state index is 0.0201. The first-order valence-corrected chi connectivity index (χ1v) is 10.7. The van der Waals surface area contributed by atoms with Crippen molar-refractivity contribution in [3.8, 4) is 0 Å². The largest absolute Gasteiger partial charge is 0.454 e. The lowest BCUT2D eigenvalue weighted by Gasteiger charge is -2.13. The molecule has 29 heavy (non-hydrogen) atoms. The van der Waals surface area contributed by atoms with Crippen LogP contribution in [0.5, 0.6) is 0 Å². The number of carbonyl (C=O) groups is 2. The van der Waals surface area contributed by atoms with Crippen molar-refractivity contribution >= 4 is 40.4 Å². The summed E-state index contributed by atoms with van der Waals surface area (Å²) in [4.78, 5) is 29.3. The topological polar surface area (TPSA) is 73.2 Å². The van der Waals surface area contributed by atoms with Gasteiger partial charge in [-0.3, -0.25) is 9.59 Å². The van der Waals surface area contributed by atoms with E-state index in [1.807, 2.05) is 68.0 Å². The SMILES string of the molecule is CSCc1nc2ccccc2n1CC(=O)OCC(=O)Nc1c(C)cc(C)cc1C. The third-order valence-electron chi connectivity index (χ3n) is 4.60. The second kappa shape index (κ2) is 9.13. The number of aryl methyl sites for hydroxylation is 3. The Balaban J connectivity index is 1.64. The second-order valence-electron chi connectivity index (χ2n) is 7.02. The molecule has 1 N–H and O–H groups in total. The molecule has 0 atom stereocenters. The molecule has 0 saturated heterocycles. The number of carbonyl (C=O) groups excluding carboxylic acids is 2. The Morgan fingerprint density at radius 1 is 1.14 bits per heavy atom. The second-order valence-corrected chi connectivity index (χ2v) is 7.88. The summed E-state index contributed by atoms with van der Waals surface area (Å²) in [5, 5.41) is 2.84. The molecule has 7 heteroatoms. The molecule has 6 nitrogen and oxygen atoms in total. The molecule has 0 unspecified atom stereocenters. The highest BCUT2D eigenvalue weighted by Gasteiger charge is 2.16. The number of hydrogen-bond donors (Lipinski definition) is 1. The zero-order valence-electron chi connectivity index (χ0n) is 17.1. The van der Waals surface area contributed by atoms with Gasteiger partial charge in [-0.15, -0.1) is 0 Å². The summed E-state index contributed by atoms with van der Waals surface area (Å²) in [5.41, 5.74) is 5.58. The zero-order chi connectivity index (χ0) is 21.0. The third-order valence-corrected chi connectivity index (χ3v) is 5.15. The predicted molar refractivity (Wildman–Crippen MR) is 117 cm³/mol. The minimum Gasteiger partial charge on any atom is -0.454 e. The normalized spacial score (nSPS) is 10.9. The molecular weight excluding hydrogens is 386 g/mol. The molecule has 0 fully saturated rings. The van der Waals surface area contributed by atoms with Crippen LogP contribution < -0.4 is 5.32 Å². The number of anilines is 1. The fraction of sp³-hybridized carbons (Fsp3) is 0.318. The Bertz CT molecular complexity index is 1040. The monoisotopic (exact) mass is 411 g/mol. The van der Waals surface area contributed by atoms with E-state index in [2.05, 4.69) is 10.3 Å². The number of rotatable bonds is 7. The standard InChI is InChI=1S/C22H25N3O3S/c1-14-9-15(2)22(16(3)10-14)24-20(26)12-28-21(27)11-25-18-8-6-5-7-17(18)23-19(25)13-29-4/h5-10H,11-13H2,1-4H3,(H,24,26).